The fourth-order valence-electron chi connectivity index (χ4n) is 2.96. The van der Waals surface area contributed by atoms with Gasteiger partial charge in [0, 0.05) is 23.4 Å². The first-order chi connectivity index (χ1) is 14.4. The Morgan fingerprint density at radius 3 is 2.23 bits per heavy atom. The monoisotopic (exact) mass is 404 g/mol. The maximum Gasteiger partial charge on any atom is 0.167 e. The number of carbonyl (C=O) groups excluding carboxylic acids is 1. The lowest BCUT2D eigenvalue weighted by molar-refractivity contribution is 0.0992. The van der Waals surface area contributed by atoms with E-state index in [-0.39, 0.29) is 24.6 Å². The average Bonchev–Trinajstić information content (AvgIpc) is 2.74. The number of carbonyl (C=O) groups is 1. The van der Waals surface area contributed by atoms with E-state index in [1.54, 1.807) is 30.3 Å². The SMILES string of the molecule is CC.Cc1cc(CC(=O)c2ccc(C#N)c(OCc3ccc(F)cc3)c2)cc(C)n1. The van der Waals surface area contributed by atoms with Gasteiger partial charge < -0.3 is 4.74 Å². The molecule has 30 heavy (non-hydrogen) atoms. The van der Waals surface area contributed by atoms with Gasteiger partial charge in [-0.25, -0.2) is 4.39 Å². The number of aromatic nitrogens is 1. The van der Waals surface area contributed by atoms with Gasteiger partial charge in [-0.15, -0.1) is 0 Å². The Labute approximate surface area is 177 Å². The molecule has 1 aromatic heterocycles. The summed E-state index contributed by atoms with van der Waals surface area (Å²) in [6.45, 7) is 7.96. The number of ether oxygens (including phenoxy) is 1. The first-order valence-electron chi connectivity index (χ1n) is 9.83. The number of hydrogen-bond donors (Lipinski definition) is 0. The van der Waals surface area contributed by atoms with Crippen LogP contribution >= 0.6 is 0 Å². The Morgan fingerprint density at radius 1 is 1.00 bits per heavy atom. The molecule has 0 atom stereocenters. The second kappa shape index (κ2) is 10.9. The summed E-state index contributed by atoms with van der Waals surface area (Å²) in [4.78, 5) is 17.0. The van der Waals surface area contributed by atoms with Gasteiger partial charge in [-0.3, -0.25) is 9.78 Å². The van der Waals surface area contributed by atoms with Gasteiger partial charge in [-0.2, -0.15) is 5.26 Å². The minimum Gasteiger partial charge on any atom is -0.487 e. The average molecular weight is 404 g/mol. The molecule has 0 N–H and O–H groups in total. The van der Waals surface area contributed by atoms with Gasteiger partial charge in [-0.1, -0.05) is 26.0 Å². The van der Waals surface area contributed by atoms with Crippen LogP contribution in [0.25, 0.3) is 0 Å². The number of hydrogen-bond acceptors (Lipinski definition) is 4. The number of halogens is 1. The minimum atomic E-state index is -0.323. The van der Waals surface area contributed by atoms with Gasteiger partial charge in [0.1, 0.15) is 24.2 Å². The van der Waals surface area contributed by atoms with Crippen LogP contribution in [0, 0.1) is 31.0 Å². The van der Waals surface area contributed by atoms with E-state index in [1.165, 1.54) is 12.1 Å². The molecule has 3 rings (SSSR count). The van der Waals surface area contributed by atoms with Gasteiger partial charge in [0.05, 0.1) is 5.56 Å². The number of aryl methyl sites for hydroxylation is 2. The molecule has 0 saturated heterocycles. The summed E-state index contributed by atoms with van der Waals surface area (Å²) in [5.74, 6) is -0.0588. The maximum absolute atomic E-state index is 13.0. The molecule has 0 fully saturated rings. The molecule has 5 heteroatoms. The van der Waals surface area contributed by atoms with Crippen LogP contribution in [-0.2, 0) is 13.0 Å². The number of nitriles is 1. The van der Waals surface area contributed by atoms with Crippen molar-refractivity contribution in [2.75, 3.05) is 0 Å². The number of pyridine rings is 1. The highest BCUT2D eigenvalue weighted by atomic mass is 19.1. The van der Waals surface area contributed by atoms with E-state index < -0.39 is 0 Å². The molecule has 0 saturated carbocycles. The predicted molar refractivity (Wildman–Crippen MR) is 115 cm³/mol. The standard InChI is InChI=1S/C23H19FN2O2.C2H6/c1-15-9-18(10-16(2)26-15)11-22(27)19-5-6-20(13-25)23(12-19)28-14-17-3-7-21(24)8-4-17;1-2/h3-10,12H,11,14H2,1-2H3;1-2H3. The van der Waals surface area contributed by atoms with Crippen molar-refractivity contribution < 1.29 is 13.9 Å². The van der Waals surface area contributed by atoms with Gasteiger partial charge in [0.25, 0.3) is 0 Å². The third-order valence-electron chi connectivity index (χ3n) is 4.24. The van der Waals surface area contributed by atoms with E-state index in [2.05, 4.69) is 11.1 Å². The topological polar surface area (TPSA) is 63.0 Å². The van der Waals surface area contributed by atoms with E-state index in [4.69, 9.17) is 4.74 Å². The third kappa shape index (κ3) is 6.25. The smallest absolute Gasteiger partial charge is 0.167 e. The Bertz CT molecular complexity index is 1030. The van der Waals surface area contributed by atoms with Gasteiger partial charge >= 0.3 is 0 Å². The normalized spacial score (nSPS) is 9.87. The second-order valence-electron chi connectivity index (χ2n) is 6.60. The van der Waals surface area contributed by atoms with Crippen molar-refractivity contribution in [3.8, 4) is 11.8 Å². The minimum absolute atomic E-state index is 0.0684. The summed E-state index contributed by atoms with van der Waals surface area (Å²) in [7, 11) is 0. The number of Topliss-reactive ketones (excluding diaryl/α,β-unsaturated/α-hetero) is 1. The number of ketones is 1. The van der Waals surface area contributed by atoms with Crippen molar-refractivity contribution in [1.82, 2.24) is 4.98 Å². The molecule has 154 valence electrons. The molecule has 1 heterocycles. The molecule has 0 aliphatic carbocycles. The number of rotatable bonds is 6. The lowest BCUT2D eigenvalue weighted by Crippen LogP contribution is -2.06. The second-order valence-corrected chi connectivity index (χ2v) is 6.60. The van der Waals surface area contributed by atoms with E-state index in [9.17, 15) is 14.4 Å². The molecule has 3 aromatic rings. The van der Waals surface area contributed by atoms with E-state index in [0.29, 0.717) is 16.9 Å². The highest BCUT2D eigenvalue weighted by molar-refractivity contribution is 5.98. The van der Waals surface area contributed by atoms with Crippen molar-refractivity contribution in [3.63, 3.8) is 0 Å². The molecule has 0 radical (unpaired) electrons. The lowest BCUT2D eigenvalue weighted by atomic mass is 10.0. The fourth-order valence-corrected chi connectivity index (χ4v) is 2.96. The van der Waals surface area contributed by atoms with E-state index in [0.717, 1.165) is 22.5 Å². The molecule has 2 aromatic carbocycles. The zero-order chi connectivity index (χ0) is 22.1. The molecule has 0 bridgehead atoms. The zero-order valence-corrected chi connectivity index (χ0v) is 17.7. The van der Waals surface area contributed by atoms with Crippen molar-refractivity contribution in [3.05, 3.63) is 94.1 Å². The predicted octanol–water partition coefficient (Wildman–Crippen LogP) is 5.74. The Balaban J connectivity index is 0.00000155. The number of benzene rings is 2. The quantitative estimate of drug-likeness (QED) is 0.492. The van der Waals surface area contributed by atoms with Crippen LogP contribution in [0.4, 0.5) is 4.39 Å². The molecule has 0 amide bonds. The van der Waals surface area contributed by atoms with Gasteiger partial charge in [0.2, 0.25) is 0 Å². The first-order valence-corrected chi connectivity index (χ1v) is 9.83. The molecular weight excluding hydrogens is 379 g/mol. The van der Waals surface area contributed by atoms with E-state index >= 15 is 0 Å². The van der Waals surface area contributed by atoms with Crippen LogP contribution in [-0.4, -0.2) is 10.8 Å². The Kier molecular flexibility index (Phi) is 8.25. The summed E-state index contributed by atoms with van der Waals surface area (Å²) in [5, 5.41) is 9.31. The first kappa shape index (κ1) is 22.8. The van der Waals surface area contributed by atoms with Crippen molar-refractivity contribution in [2.45, 2.75) is 40.7 Å². The maximum atomic E-state index is 13.0. The van der Waals surface area contributed by atoms with Crippen LogP contribution in [0.5, 0.6) is 5.75 Å². The summed E-state index contributed by atoms with van der Waals surface area (Å²) in [6, 6.07) is 16.6. The Morgan fingerprint density at radius 2 is 1.63 bits per heavy atom. The summed E-state index contributed by atoms with van der Waals surface area (Å²) in [5.41, 5.74) is 4.21. The molecule has 0 unspecified atom stereocenters. The van der Waals surface area contributed by atoms with Crippen LogP contribution in [0.2, 0.25) is 0 Å². The van der Waals surface area contributed by atoms with Crippen LogP contribution in [0.15, 0.2) is 54.6 Å². The van der Waals surface area contributed by atoms with Crippen LogP contribution in [0.1, 0.15) is 52.3 Å². The fraction of sp³-hybridized carbons (Fsp3) is 0.240. The molecular formula is C25H25FN2O2. The summed E-state index contributed by atoms with van der Waals surface area (Å²) in [6.07, 6.45) is 0.244. The largest absolute Gasteiger partial charge is 0.487 e. The van der Waals surface area contributed by atoms with Crippen molar-refractivity contribution in [2.24, 2.45) is 0 Å². The van der Waals surface area contributed by atoms with Gasteiger partial charge in [0.15, 0.2) is 5.78 Å². The lowest BCUT2D eigenvalue weighted by Gasteiger charge is -2.10. The summed E-state index contributed by atoms with van der Waals surface area (Å²) >= 11 is 0. The van der Waals surface area contributed by atoms with Crippen molar-refractivity contribution in [1.29, 1.82) is 5.26 Å². The zero-order valence-electron chi connectivity index (χ0n) is 17.7. The highest BCUT2D eigenvalue weighted by Crippen LogP contribution is 2.22. The highest BCUT2D eigenvalue weighted by Gasteiger charge is 2.12. The molecule has 0 aliphatic rings. The molecule has 0 aliphatic heterocycles. The third-order valence-corrected chi connectivity index (χ3v) is 4.24. The Hall–Kier alpha value is -3.52. The van der Waals surface area contributed by atoms with Gasteiger partial charge in [-0.05, 0) is 67.4 Å². The molecule has 4 nitrogen and oxygen atoms in total. The number of nitrogens with zero attached hydrogens (tertiary/aromatic N) is 2. The van der Waals surface area contributed by atoms with Crippen molar-refractivity contribution >= 4 is 5.78 Å². The van der Waals surface area contributed by atoms with Crippen LogP contribution < -0.4 is 4.74 Å². The van der Waals surface area contributed by atoms with Crippen LogP contribution in [0.3, 0.4) is 0 Å². The summed E-state index contributed by atoms with van der Waals surface area (Å²) < 4.78 is 18.7. The van der Waals surface area contributed by atoms with E-state index in [1.807, 2.05) is 39.8 Å². The molecule has 0 spiro atoms.